The third-order valence-electron chi connectivity index (χ3n) is 5.28. The Bertz CT molecular complexity index is 1390. The van der Waals surface area contributed by atoms with Gasteiger partial charge in [-0.25, -0.2) is 14.9 Å². The molecule has 0 atom stereocenters. The first-order valence-electron chi connectivity index (χ1n) is 9.56. The second-order valence-electron chi connectivity index (χ2n) is 7.09. The van der Waals surface area contributed by atoms with Gasteiger partial charge in [0.05, 0.1) is 22.8 Å². The van der Waals surface area contributed by atoms with Crippen molar-refractivity contribution in [2.24, 2.45) is 0 Å². The normalized spacial score (nSPS) is 12.7. The molecule has 5 rings (SSSR count). The Morgan fingerprint density at radius 2 is 1.68 bits per heavy atom. The predicted octanol–water partition coefficient (Wildman–Crippen LogP) is 4.07. The summed E-state index contributed by atoms with van der Waals surface area (Å²) in [5.74, 6) is 0.580. The van der Waals surface area contributed by atoms with Crippen molar-refractivity contribution in [2.45, 2.75) is 0 Å². The highest BCUT2D eigenvalue weighted by atomic mass is 16.2. The molecule has 3 heterocycles. The zero-order valence-corrected chi connectivity index (χ0v) is 16.5. The van der Waals surface area contributed by atoms with Crippen LogP contribution >= 0.6 is 0 Å². The number of aromatic nitrogens is 2. The molecule has 0 saturated carbocycles. The summed E-state index contributed by atoms with van der Waals surface area (Å²) >= 11 is 0. The maximum absolute atomic E-state index is 12.8. The van der Waals surface area contributed by atoms with E-state index >= 15 is 0 Å². The Kier molecular flexibility index (Phi) is 4.19. The highest BCUT2D eigenvalue weighted by molar-refractivity contribution is 6.34. The van der Waals surface area contributed by atoms with Gasteiger partial charge < -0.3 is 4.90 Å². The summed E-state index contributed by atoms with van der Waals surface area (Å²) in [6, 6.07) is 21.3. The van der Waals surface area contributed by atoms with Crippen LogP contribution in [-0.4, -0.2) is 28.8 Å². The molecule has 148 valence electrons. The molecule has 4 aromatic rings. The molecule has 31 heavy (non-hydrogen) atoms. The summed E-state index contributed by atoms with van der Waals surface area (Å²) in [5, 5.41) is 11.0. The number of carbonyl (C=O) groups is 2. The molecule has 7 nitrogen and oxygen atoms in total. The van der Waals surface area contributed by atoms with Crippen LogP contribution in [0.1, 0.15) is 26.3 Å². The topological polar surface area (TPSA) is 90.2 Å². The Hall–Kier alpha value is -4.57. The number of hydrogen-bond acceptors (Lipinski definition) is 6. The predicted molar refractivity (Wildman–Crippen MR) is 116 cm³/mol. The van der Waals surface area contributed by atoms with Gasteiger partial charge in [-0.05, 0) is 47.9 Å². The summed E-state index contributed by atoms with van der Waals surface area (Å²) in [6.07, 6.45) is 1.69. The monoisotopic (exact) mass is 405 g/mol. The third-order valence-corrected chi connectivity index (χ3v) is 5.28. The molecule has 2 amide bonds. The van der Waals surface area contributed by atoms with E-state index in [0.29, 0.717) is 28.3 Å². The number of nitriles is 1. The smallest absolute Gasteiger partial charge is 0.267 e. The molecule has 0 saturated heterocycles. The fraction of sp³-hybridized carbons (Fsp3) is 0.0417. The highest BCUT2D eigenvalue weighted by Crippen LogP contribution is 2.32. The summed E-state index contributed by atoms with van der Waals surface area (Å²) in [7, 11) is 1.80. The summed E-state index contributed by atoms with van der Waals surface area (Å²) in [4.78, 5) is 37.5. The molecule has 0 unspecified atom stereocenters. The maximum Gasteiger partial charge on any atom is 0.267 e. The fourth-order valence-corrected chi connectivity index (χ4v) is 3.72. The van der Waals surface area contributed by atoms with Crippen molar-refractivity contribution < 1.29 is 9.59 Å². The second-order valence-corrected chi connectivity index (χ2v) is 7.09. The van der Waals surface area contributed by atoms with Crippen LogP contribution in [-0.2, 0) is 0 Å². The number of pyridine rings is 2. The van der Waals surface area contributed by atoms with Crippen molar-refractivity contribution in [3.63, 3.8) is 0 Å². The van der Waals surface area contributed by atoms with Crippen LogP contribution in [0.5, 0.6) is 0 Å². The van der Waals surface area contributed by atoms with Gasteiger partial charge in [0, 0.05) is 18.6 Å². The summed E-state index contributed by atoms with van der Waals surface area (Å²) < 4.78 is 0. The van der Waals surface area contributed by atoms with Crippen molar-refractivity contribution in [3.8, 4) is 6.07 Å². The van der Waals surface area contributed by atoms with E-state index in [1.807, 2.05) is 12.1 Å². The minimum Gasteiger partial charge on any atom is -0.314 e. The van der Waals surface area contributed by atoms with Crippen LogP contribution in [0.15, 0.2) is 72.9 Å². The number of imide groups is 1. The van der Waals surface area contributed by atoms with Crippen LogP contribution in [0.3, 0.4) is 0 Å². The molecule has 0 spiro atoms. The van der Waals surface area contributed by atoms with Crippen molar-refractivity contribution in [3.05, 3.63) is 89.6 Å². The SMILES string of the molecule is CN(c1cccc(N2C(=O)c3ccccc3C2=O)n1)c1nccc2ccc(C#N)cc12. The van der Waals surface area contributed by atoms with E-state index in [-0.39, 0.29) is 5.82 Å². The molecule has 0 fully saturated rings. The minimum absolute atomic E-state index is 0.244. The Morgan fingerprint density at radius 1 is 0.935 bits per heavy atom. The van der Waals surface area contributed by atoms with Gasteiger partial charge in [-0.1, -0.05) is 24.3 Å². The summed E-state index contributed by atoms with van der Waals surface area (Å²) in [5.41, 5.74) is 1.27. The van der Waals surface area contributed by atoms with Crippen molar-refractivity contribution in [1.82, 2.24) is 9.97 Å². The molecular weight excluding hydrogens is 390 g/mol. The maximum atomic E-state index is 12.8. The van der Waals surface area contributed by atoms with Gasteiger partial charge in [-0.15, -0.1) is 0 Å². The van der Waals surface area contributed by atoms with Gasteiger partial charge in [0.2, 0.25) is 0 Å². The van der Waals surface area contributed by atoms with Gasteiger partial charge >= 0.3 is 0 Å². The van der Waals surface area contributed by atoms with Crippen molar-refractivity contribution in [1.29, 1.82) is 5.26 Å². The lowest BCUT2D eigenvalue weighted by molar-refractivity contribution is 0.0925. The number of rotatable bonds is 3. The number of anilines is 3. The molecule has 0 radical (unpaired) electrons. The first-order chi connectivity index (χ1) is 15.1. The molecule has 1 aliphatic rings. The number of hydrogen-bond donors (Lipinski definition) is 0. The Morgan fingerprint density at radius 3 is 2.39 bits per heavy atom. The fourth-order valence-electron chi connectivity index (χ4n) is 3.72. The molecule has 0 bridgehead atoms. The van der Waals surface area contributed by atoms with Crippen LogP contribution in [0.4, 0.5) is 17.5 Å². The molecular formula is C24H15N5O2. The lowest BCUT2D eigenvalue weighted by Crippen LogP contribution is -2.30. The molecule has 0 N–H and O–H groups in total. The number of fused-ring (bicyclic) bond motifs is 2. The molecule has 1 aliphatic heterocycles. The van der Waals surface area contributed by atoms with Gasteiger partial charge in [-0.2, -0.15) is 5.26 Å². The van der Waals surface area contributed by atoms with E-state index in [1.54, 1.807) is 72.7 Å². The van der Waals surface area contributed by atoms with Crippen LogP contribution in [0, 0.1) is 11.3 Å². The van der Waals surface area contributed by atoms with E-state index in [4.69, 9.17) is 0 Å². The van der Waals surface area contributed by atoms with E-state index in [0.717, 1.165) is 15.7 Å². The van der Waals surface area contributed by atoms with E-state index < -0.39 is 11.8 Å². The zero-order valence-electron chi connectivity index (χ0n) is 16.5. The molecule has 0 aliphatic carbocycles. The van der Waals surface area contributed by atoms with Crippen LogP contribution < -0.4 is 9.80 Å². The van der Waals surface area contributed by atoms with Gasteiger partial charge in [0.15, 0.2) is 0 Å². The Labute approximate surface area is 177 Å². The Balaban J connectivity index is 1.56. The first-order valence-corrected chi connectivity index (χ1v) is 9.56. The quantitative estimate of drug-likeness (QED) is 0.477. The minimum atomic E-state index is -0.394. The van der Waals surface area contributed by atoms with Gasteiger partial charge in [0.25, 0.3) is 11.8 Å². The van der Waals surface area contributed by atoms with Crippen LogP contribution in [0.2, 0.25) is 0 Å². The van der Waals surface area contributed by atoms with Crippen LogP contribution in [0.25, 0.3) is 10.8 Å². The summed E-state index contributed by atoms with van der Waals surface area (Å²) in [6.45, 7) is 0. The zero-order chi connectivity index (χ0) is 21.5. The average molecular weight is 405 g/mol. The largest absolute Gasteiger partial charge is 0.314 e. The van der Waals surface area contributed by atoms with E-state index in [1.165, 1.54) is 0 Å². The average Bonchev–Trinajstić information content (AvgIpc) is 3.08. The molecule has 2 aromatic heterocycles. The third kappa shape index (κ3) is 2.90. The number of carbonyl (C=O) groups excluding carboxylic acids is 2. The van der Waals surface area contributed by atoms with Crippen molar-refractivity contribution in [2.75, 3.05) is 16.8 Å². The second kappa shape index (κ2) is 7.04. The number of amides is 2. The number of nitrogens with zero attached hydrogens (tertiary/aromatic N) is 5. The van der Waals surface area contributed by atoms with Crippen molar-refractivity contribution >= 4 is 40.0 Å². The van der Waals surface area contributed by atoms with E-state index in [9.17, 15) is 14.9 Å². The molecule has 7 heteroatoms. The lowest BCUT2D eigenvalue weighted by Gasteiger charge is -2.21. The van der Waals surface area contributed by atoms with Gasteiger partial charge in [-0.3, -0.25) is 9.59 Å². The van der Waals surface area contributed by atoms with E-state index in [2.05, 4.69) is 16.0 Å². The molecule has 2 aromatic carbocycles. The van der Waals surface area contributed by atoms with Gasteiger partial charge in [0.1, 0.15) is 17.5 Å². The lowest BCUT2D eigenvalue weighted by atomic mass is 10.1. The highest BCUT2D eigenvalue weighted by Gasteiger charge is 2.37. The number of benzene rings is 2. The first kappa shape index (κ1) is 18.5. The standard InChI is InChI=1S/C24H15N5O2/c1-28(22-19-13-15(14-25)9-10-16(19)11-12-26-22)20-7-4-8-21(27-20)29-23(30)17-5-2-3-6-18(17)24(29)31/h2-13H,1H3.